The maximum Gasteiger partial charge on any atom is 0.347 e. The minimum atomic E-state index is -0.161. The lowest BCUT2D eigenvalue weighted by Gasteiger charge is -2.29. The molecule has 1 aliphatic carbocycles. The van der Waals surface area contributed by atoms with E-state index in [0.717, 1.165) is 12.5 Å². The minimum absolute atomic E-state index is 0.161. The zero-order chi connectivity index (χ0) is 12.1. The van der Waals surface area contributed by atoms with Gasteiger partial charge in [0.05, 0.1) is 0 Å². The van der Waals surface area contributed by atoms with Gasteiger partial charge in [0.1, 0.15) is 0 Å². The third-order valence-electron chi connectivity index (χ3n) is 3.65. The third kappa shape index (κ3) is 3.40. The molecule has 0 aromatic carbocycles. The average Bonchev–Trinajstić information content (AvgIpc) is 2.34. The zero-order valence-electron chi connectivity index (χ0n) is 10.4. The molecule has 0 aliphatic heterocycles. The number of hydrogen-bond acceptors (Lipinski definition) is 3. The lowest BCUT2D eigenvalue weighted by atomic mass is 9.86. The summed E-state index contributed by atoms with van der Waals surface area (Å²) in [6.45, 7) is 3.86. The van der Waals surface area contributed by atoms with Crippen molar-refractivity contribution in [2.24, 2.45) is 5.92 Å². The Kier molecular flexibility index (Phi) is 4.31. The van der Waals surface area contributed by atoms with Gasteiger partial charge in [-0.3, -0.25) is 4.57 Å². The Bertz CT molecular complexity index is 402. The molecule has 17 heavy (non-hydrogen) atoms. The number of nitrogens with zero attached hydrogens (tertiary/aromatic N) is 2. The van der Waals surface area contributed by atoms with Crippen LogP contribution in [0.2, 0.25) is 0 Å². The van der Waals surface area contributed by atoms with Crippen molar-refractivity contribution in [2.75, 3.05) is 6.54 Å². The fourth-order valence-corrected chi connectivity index (χ4v) is 2.55. The van der Waals surface area contributed by atoms with Gasteiger partial charge in [0.2, 0.25) is 0 Å². The number of rotatable bonds is 4. The molecule has 1 saturated carbocycles. The maximum absolute atomic E-state index is 11.4. The predicted molar refractivity (Wildman–Crippen MR) is 67.9 cm³/mol. The van der Waals surface area contributed by atoms with Crippen LogP contribution in [-0.4, -0.2) is 22.1 Å². The molecule has 1 aromatic heterocycles. The van der Waals surface area contributed by atoms with Crippen molar-refractivity contribution >= 4 is 0 Å². The largest absolute Gasteiger partial charge is 0.347 e. The molecule has 2 unspecified atom stereocenters. The molecule has 2 atom stereocenters. The van der Waals surface area contributed by atoms with Crippen LogP contribution in [0.15, 0.2) is 23.3 Å². The Labute approximate surface area is 102 Å². The molecule has 4 heteroatoms. The van der Waals surface area contributed by atoms with Crippen molar-refractivity contribution < 1.29 is 0 Å². The van der Waals surface area contributed by atoms with Crippen LogP contribution >= 0.6 is 0 Å². The van der Waals surface area contributed by atoms with E-state index in [0.29, 0.717) is 12.6 Å². The highest BCUT2D eigenvalue weighted by atomic mass is 16.1. The van der Waals surface area contributed by atoms with Gasteiger partial charge in [-0.2, -0.15) is 0 Å². The van der Waals surface area contributed by atoms with Crippen LogP contribution < -0.4 is 11.0 Å². The van der Waals surface area contributed by atoms with E-state index in [1.54, 1.807) is 16.8 Å². The van der Waals surface area contributed by atoms with E-state index in [4.69, 9.17) is 0 Å². The predicted octanol–water partition coefficient (Wildman–Crippen LogP) is 1.41. The quantitative estimate of drug-likeness (QED) is 0.858. The Morgan fingerprint density at radius 2 is 2.29 bits per heavy atom. The summed E-state index contributed by atoms with van der Waals surface area (Å²) >= 11 is 0. The number of hydrogen-bond donors (Lipinski definition) is 1. The first-order valence-corrected chi connectivity index (χ1v) is 6.52. The maximum atomic E-state index is 11.4. The smallest absolute Gasteiger partial charge is 0.312 e. The standard InChI is InChI=1S/C13H21N3O/c1-11-5-2-3-6-12(11)14-8-10-16-9-4-7-15-13(16)17/h4,7,9,11-12,14H,2-3,5-6,8,10H2,1H3. The van der Waals surface area contributed by atoms with Crippen molar-refractivity contribution in [3.8, 4) is 0 Å². The fraction of sp³-hybridized carbons (Fsp3) is 0.692. The van der Waals surface area contributed by atoms with E-state index in [2.05, 4.69) is 17.2 Å². The monoisotopic (exact) mass is 235 g/mol. The molecular weight excluding hydrogens is 214 g/mol. The van der Waals surface area contributed by atoms with E-state index < -0.39 is 0 Å². The molecular formula is C13H21N3O. The van der Waals surface area contributed by atoms with E-state index in [1.165, 1.54) is 31.9 Å². The number of aromatic nitrogens is 2. The van der Waals surface area contributed by atoms with Gasteiger partial charge in [0.15, 0.2) is 0 Å². The third-order valence-corrected chi connectivity index (χ3v) is 3.65. The van der Waals surface area contributed by atoms with Gasteiger partial charge in [-0.25, -0.2) is 9.78 Å². The highest BCUT2D eigenvalue weighted by molar-refractivity contribution is 4.82. The second-order valence-corrected chi connectivity index (χ2v) is 4.92. The van der Waals surface area contributed by atoms with Gasteiger partial charge in [-0.15, -0.1) is 0 Å². The fourth-order valence-electron chi connectivity index (χ4n) is 2.55. The Hall–Kier alpha value is -1.16. The normalized spacial score (nSPS) is 24.8. The summed E-state index contributed by atoms with van der Waals surface area (Å²) in [6.07, 6.45) is 8.61. The zero-order valence-corrected chi connectivity index (χ0v) is 10.4. The van der Waals surface area contributed by atoms with Crippen LogP contribution in [0.4, 0.5) is 0 Å². The van der Waals surface area contributed by atoms with Crippen molar-refractivity contribution in [1.29, 1.82) is 0 Å². The molecule has 94 valence electrons. The molecule has 1 fully saturated rings. The summed E-state index contributed by atoms with van der Waals surface area (Å²) in [5.74, 6) is 0.759. The molecule has 0 spiro atoms. The highest BCUT2D eigenvalue weighted by Crippen LogP contribution is 2.23. The number of nitrogens with one attached hydrogen (secondary N) is 1. The van der Waals surface area contributed by atoms with Crippen LogP contribution in [0.1, 0.15) is 32.6 Å². The Morgan fingerprint density at radius 1 is 1.47 bits per heavy atom. The second-order valence-electron chi connectivity index (χ2n) is 4.92. The van der Waals surface area contributed by atoms with Gasteiger partial charge in [-0.05, 0) is 24.8 Å². The molecule has 1 N–H and O–H groups in total. The summed E-state index contributed by atoms with van der Waals surface area (Å²) < 4.78 is 1.65. The Morgan fingerprint density at radius 3 is 3.06 bits per heavy atom. The SMILES string of the molecule is CC1CCCCC1NCCn1cccnc1=O. The summed E-state index contributed by atoms with van der Waals surface area (Å²) in [4.78, 5) is 15.1. The topological polar surface area (TPSA) is 46.9 Å². The summed E-state index contributed by atoms with van der Waals surface area (Å²) in [6, 6.07) is 2.42. The van der Waals surface area contributed by atoms with Crippen molar-refractivity contribution in [2.45, 2.75) is 45.2 Å². The Balaban J connectivity index is 1.79. The van der Waals surface area contributed by atoms with Crippen molar-refractivity contribution in [3.05, 3.63) is 28.9 Å². The van der Waals surface area contributed by atoms with Crippen LogP contribution in [0, 0.1) is 5.92 Å². The first-order chi connectivity index (χ1) is 8.27. The molecule has 1 aliphatic rings. The summed E-state index contributed by atoms with van der Waals surface area (Å²) in [7, 11) is 0. The van der Waals surface area contributed by atoms with Gasteiger partial charge >= 0.3 is 5.69 Å². The molecule has 0 radical (unpaired) electrons. The average molecular weight is 235 g/mol. The summed E-state index contributed by atoms with van der Waals surface area (Å²) in [5.41, 5.74) is -0.161. The molecule has 4 nitrogen and oxygen atoms in total. The van der Waals surface area contributed by atoms with E-state index in [9.17, 15) is 4.79 Å². The molecule has 0 amide bonds. The van der Waals surface area contributed by atoms with E-state index in [1.807, 2.05) is 0 Å². The van der Waals surface area contributed by atoms with Crippen LogP contribution in [0.25, 0.3) is 0 Å². The summed E-state index contributed by atoms with van der Waals surface area (Å²) in [5, 5.41) is 3.56. The molecule has 0 bridgehead atoms. The first kappa shape index (κ1) is 12.3. The van der Waals surface area contributed by atoms with Crippen molar-refractivity contribution in [1.82, 2.24) is 14.9 Å². The minimum Gasteiger partial charge on any atom is -0.312 e. The van der Waals surface area contributed by atoms with Crippen molar-refractivity contribution in [3.63, 3.8) is 0 Å². The van der Waals surface area contributed by atoms with Crippen LogP contribution in [0.5, 0.6) is 0 Å². The lowest BCUT2D eigenvalue weighted by molar-refractivity contribution is 0.278. The molecule has 1 heterocycles. The van der Waals surface area contributed by atoms with E-state index >= 15 is 0 Å². The molecule has 1 aromatic rings. The van der Waals surface area contributed by atoms with Gasteiger partial charge in [0.25, 0.3) is 0 Å². The van der Waals surface area contributed by atoms with E-state index in [-0.39, 0.29) is 5.69 Å². The van der Waals surface area contributed by atoms with Crippen LogP contribution in [0.3, 0.4) is 0 Å². The van der Waals surface area contributed by atoms with Gasteiger partial charge < -0.3 is 5.32 Å². The second kappa shape index (κ2) is 5.96. The highest BCUT2D eigenvalue weighted by Gasteiger charge is 2.20. The lowest BCUT2D eigenvalue weighted by Crippen LogP contribution is -2.39. The van der Waals surface area contributed by atoms with Gasteiger partial charge in [-0.1, -0.05) is 19.8 Å². The first-order valence-electron chi connectivity index (χ1n) is 6.52. The molecule has 2 rings (SSSR count). The van der Waals surface area contributed by atoms with Crippen LogP contribution in [-0.2, 0) is 6.54 Å². The molecule has 0 saturated heterocycles. The van der Waals surface area contributed by atoms with Gasteiger partial charge in [0, 0.05) is 31.5 Å².